The molecule has 2 aromatic carbocycles. The molecule has 0 spiro atoms. The van der Waals surface area contributed by atoms with Crippen LogP contribution in [0.4, 0.5) is 5.69 Å². The number of anilines is 1. The maximum Gasteiger partial charge on any atom is 0.257 e. The van der Waals surface area contributed by atoms with Gasteiger partial charge >= 0.3 is 0 Å². The van der Waals surface area contributed by atoms with E-state index in [0.29, 0.717) is 59.9 Å². The van der Waals surface area contributed by atoms with E-state index in [-0.39, 0.29) is 16.9 Å². The van der Waals surface area contributed by atoms with Crippen molar-refractivity contribution in [2.24, 2.45) is 0 Å². The molecule has 0 radical (unpaired) electrons. The van der Waals surface area contributed by atoms with Crippen molar-refractivity contribution in [1.82, 2.24) is 10.2 Å². The van der Waals surface area contributed by atoms with Gasteiger partial charge in [0.15, 0.2) is 5.11 Å². The van der Waals surface area contributed by atoms with E-state index < -0.39 is 0 Å². The van der Waals surface area contributed by atoms with Gasteiger partial charge in [0, 0.05) is 29.9 Å². The number of morpholine rings is 1. The Morgan fingerprint density at radius 2 is 1.93 bits per heavy atom. The Bertz CT molecular complexity index is 948. The van der Waals surface area contributed by atoms with Gasteiger partial charge in [-0.25, -0.2) is 0 Å². The molecule has 0 unspecified atom stereocenters. The normalized spacial score (nSPS) is 13.5. The van der Waals surface area contributed by atoms with Gasteiger partial charge in [-0.2, -0.15) is 0 Å². The molecule has 0 bridgehead atoms. The molecule has 1 saturated heterocycles. The molecule has 3 rings (SSSR count). The van der Waals surface area contributed by atoms with Crippen LogP contribution in [0.15, 0.2) is 46.9 Å². The van der Waals surface area contributed by atoms with E-state index in [9.17, 15) is 9.59 Å². The van der Waals surface area contributed by atoms with Crippen LogP contribution in [0.1, 0.15) is 27.6 Å². The predicted molar refractivity (Wildman–Crippen MR) is 122 cm³/mol. The molecule has 0 atom stereocenters. The van der Waals surface area contributed by atoms with Crippen molar-refractivity contribution in [3.8, 4) is 5.75 Å². The Kier molecular flexibility index (Phi) is 7.78. The molecular weight excluding hydrogens is 470 g/mol. The summed E-state index contributed by atoms with van der Waals surface area (Å²) >= 11 is 8.65. The zero-order valence-corrected chi connectivity index (χ0v) is 18.8. The fourth-order valence-electron chi connectivity index (χ4n) is 2.93. The second-order valence-electron chi connectivity index (χ2n) is 6.47. The maximum atomic E-state index is 12.6. The number of rotatable bonds is 5. The first-order chi connectivity index (χ1) is 14.5. The number of halogens is 1. The zero-order chi connectivity index (χ0) is 21.5. The Hall–Kier alpha value is -2.49. The van der Waals surface area contributed by atoms with Crippen LogP contribution in [-0.4, -0.2) is 54.7 Å². The number of amides is 2. The fraction of sp³-hybridized carbons (Fsp3) is 0.286. The summed E-state index contributed by atoms with van der Waals surface area (Å²) in [5.41, 5.74) is 1.60. The lowest BCUT2D eigenvalue weighted by Gasteiger charge is -2.27. The van der Waals surface area contributed by atoms with Gasteiger partial charge in [0.2, 0.25) is 0 Å². The Labute approximate surface area is 188 Å². The van der Waals surface area contributed by atoms with E-state index >= 15 is 0 Å². The third-order valence-electron chi connectivity index (χ3n) is 4.39. The van der Waals surface area contributed by atoms with Crippen molar-refractivity contribution in [2.75, 3.05) is 38.2 Å². The van der Waals surface area contributed by atoms with Crippen molar-refractivity contribution >= 4 is 50.8 Å². The second-order valence-corrected chi connectivity index (χ2v) is 7.73. The summed E-state index contributed by atoms with van der Waals surface area (Å²) in [6, 6.07) is 12.1. The van der Waals surface area contributed by atoms with Gasteiger partial charge in [0.05, 0.1) is 24.3 Å². The first-order valence-corrected chi connectivity index (χ1v) is 10.7. The standard InChI is InChI=1S/C21H22BrN3O4S/c1-2-29-18-7-6-14(13-17(18)22)19(26)24-21(30)23-16-5-3-4-15(12-16)20(27)25-8-10-28-11-9-25/h3-7,12-13H,2,8-11H2,1H3,(H2,23,24,26,30). The molecule has 0 aliphatic carbocycles. The minimum atomic E-state index is -0.350. The minimum absolute atomic E-state index is 0.0591. The van der Waals surface area contributed by atoms with Crippen molar-refractivity contribution in [1.29, 1.82) is 0 Å². The third-order valence-corrected chi connectivity index (χ3v) is 5.21. The number of benzene rings is 2. The van der Waals surface area contributed by atoms with E-state index in [1.165, 1.54) is 0 Å². The second kappa shape index (κ2) is 10.5. The lowest BCUT2D eigenvalue weighted by molar-refractivity contribution is 0.0303. The lowest BCUT2D eigenvalue weighted by Crippen LogP contribution is -2.40. The summed E-state index contributed by atoms with van der Waals surface area (Å²) in [6.45, 7) is 4.65. The van der Waals surface area contributed by atoms with Crippen LogP contribution in [0.3, 0.4) is 0 Å². The Balaban J connectivity index is 1.61. The quantitative estimate of drug-likeness (QED) is 0.623. The maximum absolute atomic E-state index is 12.6. The number of nitrogens with one attached hydrogen (secondary N) is 2. The van der Waals surface area contributed by atoms with E-state index in [4.69, 9.17) is 21.7 Å². The summed E-state index contributed by atoms with van der Waals surface area (Å²) < 4.78 is 11.4. The highest BCUT2D eigenvalue weighted by Crippen LogP contribution is 2.26. The minimum Gasteiger partial charge on any atom is -0.493 e. The molecule has 7 nitrogen and oxygen atoms in total. The van der Waals surface area contributed by atoms with Crippen molar-refractivity contribution in [3.63, 3.8) is 0 Å². The number of hydrogen-bond acceptors (Lipinski definition) is 5. The highest BCUT2D eigenvalue weighted by molar-refractivity contribution is 9.10. The molecule has 30 heavy (non-hydrogen) atoms. The summed E-state index contributed by atoms with van der Waals surface area (Å²) in [7, 11) is 0. The van der Waals surface area contributed by atoms with Crippen molar-refractivity contribution in [2.45, 2.75) is 6.92 Å². The number of thiocarbonyl (C=S) groups is 1. The Morgan fingerprint density at radius 3 is 2.63 bits per heavy atom. The SMILES string of the molecule is CCOc1ccc(C(=O)NC(=S)Nc2cccc(C(=O)N3CCOCC3)c2)cc1Br. The van der Waals surface area contributed by atoms with Gasteiger partial charge in [0.1, 0.15) is 5.75 Å². The molecule has 1 fully saturated rings. The molecule has 1 aliphatic rings. The van der Waals surface area contributed by atoms with E-state index in [2.05, 4.69) is 26.6 Å². The first kappa shape index (κ1) is 22.2. The largest absolute Gasteiger partial charge is 0.493 e. The molecule has 1 aliphatic heterocycles. The van der Waals surface area contributed by atoms with Gasteiger partial charge in [-0.1, -0.05) is 6.07 Å². The highest BCUT2D eigenvalue weighted by atomic mass is 79.9. The molecular formula is C21H22BrN3O4S. The molecule has 1 heterocycles. The van der Waals surface area contributed by atoms with Gasteiger partial charge in [0.25, 0.3) is 11.8 Å². The van der Waals surface area contributed by atoms with Gasteiger partial charge in [-0.15, -0.1) is 0 Å². The van der Waals surface area contributed by atoms with Crippen LogP contribution in [-0.2, 0) is 4.74 Å². The van der Waals surface area contributed by atoms with E-state index in [0.717, 1.165) is 0 Å². The summed E-state index contributed by atoms with van der Waals surface area (Å²) in [5, 5.41) is 5.74. The predicted octanol–water partition coefficient (Wildman–Crippen LogP) is 3.45. The third kappa shape index (κ3) is 5.78. The number of ether oxygens (including phenoxy) is 2. The van der Waals surface area contributed by atoms with Crippen LogP contribution in [0.5, 0.6) is 5.75 Å². The number of carbonyl (C=O) groups excluding carboxylic acids is 2. The van der Waals surface area contributed by atoms with E-state index in [1.54, 1.807) is 47.4 Å². The molecule has 2 aromatic rings. The van der Waals surface area contributed by atoms with Crippen LogP contribution < -0.4 is 15.4 Å². The molecule has 2 N–H and O–H groups in total. The summed E-state index contributed by atoms with van der Waals surface area (Å²) in [5.74, 6) is 0.254. The van der Waals surface area contributed by atoms with Gasteiger partial charge in [-0.05, 0) is 71.5 Å². The summed E-state index contributed by atoms with van der Waals surface area (Å²) in [4.78, 5) is 26.9. The average Bonchev–Trinajstić information content (AvgIpc) is 2.75. The number of carbonyl (C=O) groups is 2. The van der Waals surface area contributed by atoms with Crippen LogP contribution in [0, 0.1) is 0 Å². The number of hydrogen-bond donors (Lipinski definition) is 2. The van der Waals surface area contributed by atoms with Gasteiger partial charge < -0.3 is 19.7 Å². The molecule has 158 valence electrons. The smallest absolute Gasteiger partial charge is 0.257 e. The highest BCUT2D eigenvalue weighted by Gasteiger charge is 2.19. The average molecular weight is 492 g/mol. The van der Waals surface area contributed by atoms with Gasteiger partial charge in [-0.3, -0.25) is 14.9 Å². The fourth-order valence-corrected chi connectivity index (χ4v) is 3.64. The first-order valence-electron chi connectivity index (χ1n) is 9.49. The zero-order valence-electron chi connectivity index (χ0n) is 16.4. The lowest BCUT2D eigenvalue weighted by atomic mass is 10.1. The summed E-state index contributed by atoms with van der Waals surface area (Å²) in [6.07, 6.45) is 0. The molecule has 2 amide bonds. The van der Waals surface area contributed by atoms with E-state index in [1.807, 2.05) is 6.92 Å². The Morgan fingerprint density at radius 1 is 1.17 bits per heavy atom. The van der Waals surface area contributed by atoms with Crippen molar-refractivity contribution < 1.29 is 19.1 Å². The molecule has 9 heteroatoms. The monoisotopic (exact) mass is 491 g/mol. The topological polar surface area (TPSA) is 79.9 Å². The number of nitrogens with zero attached hydrogens (tertiary/aromatic N) is 1. The van der Waals surface area contributed by atoms with Crippen LogP contribution >= 0.6 is 28.1 Å². The van der Waals surface area contributed by atoms with Crippen LogP contribution in [0.2, 0.25) is 0 Å². The molecule has 0 saturated carbocycles. The van der Waals surface area contributed by atoms with Crippen molar-refractivity contribution in [3.05, 3.63) is 58.1 Å². The molecule has 0 aromatic heterocycles. The van der Waals surface area contributed by atoms with Crippen LogP contribution in [0.25, 0.3) is 0 Å².